The van der Waals surface area contributed by atoms with Crippen molar-refractivity contribution in [3.8, 4) is 0 Å². The second-order valence-corrected chi connectivity index (χ2v) is 4.74. The zero-order valence-corrected chi connectivity index (χ0v) is 12.5. The monoisotopic (exact) mass is 367 g/mol. The Morgan fingerprint density at radius 2 is 1.86 bits per heavy atom. The number of allylic oxidation sites excluding steroid dienone is 1. The smallest absolute Gasteiger partial charge is 0.435 e. The Kier molecular flexibility index (Phi) is 5.62. The van der Waals surface area contributed by atoms with Gasteiger partial charge in [0.05, 0.1) is 12.3 Å². The minimum atomic E-state index is -4.92. The summed E-state index contributed by atoms with van der Waals surface area (Å²) < 4.78 is 44.5. The first-order valence-corrected chi connectivity index (χ1v) is 6.52. The van der Waals surface area contributed by atoms with E-state index in [1.165, 1.54) is 31.2 Å². The number of hydrazine groups is 1. The number of benzene rings is 1. The van der Waals surface area contributed by atoms with Crippen molar-refractivity contribution in [1.29, 1.82) is 0 Å². The molecular weight excluding hydrogens is 355 g/mol. The van der Waals surface area contributed by atoms with Crippen LogP contribution in [0.15, 0.2) is 40.1 Å². The number of carbonyl (C=O) groups is 1. The normalized spacial score (nSPS) is 12.7. The summed E-state index contributed by atoms with van der Waals surface area (Å²) >= 11 is 3.15. The molecule has 116 valence electrons. The predicted octanol–water partition coefficient (Wildman–Crippen LogP) is 2.42. The predicted molar refractivity (Wildman–Crippen MR) is 74.7 cm³/mol. The molecule has 0 aromatic heterocycles. The van der Waals surface area contributed by atoms with E-state index in [9.17, 15) is 18.0 Å². The first-order valence-electron chi connectivity index (χ1n) is 5.73. The van der Waals surface area contributed by atoms with Crippen LogP contribution in [-0.4, -0.2) is 18.8 Å². The Labute approximate surface area is 127 Å². The topological polar surface area (TPSA) is 81.6 Å². The van der Waals surface area contributed by atoms with Gasteiger partial charge in [-0.25, -0.2) is 10.6 Å². The lowest BCUT2D eigenvalue weighted by atomic mass is 10.2. The summed E-state index contributed by atoms with van der Waals surface area (Å²) in [4.78, 5) is 11.4. The van der Waals surface area contributed by atoms with E-state index in [1.807, 2.05) is 0 Å². The lowest BCUT2D eigenvalue weighted by molar-refractivity contribution is -0.140. The highest BCUT2D eigenvalue weighted by Crippen LogP contribution is 2.32. The van der Waals surface area contributed by atoms with Gasteiger partial charge in [-0.1, -0.05) is 15.9 Å². The van der Waals surface area contributed by atoms with Gasteiger partial charge in [0.15, 0.2) is 5.70 Å². The number of anilines is 1. The Morgan fingerprint density at radius 1 is 1.33 bits per heavy atom. The molecule has 0 aliphatic carbocycles. The molecule has 0 radical (unpaired) electrons. The zero-order valence-electron chi connectivity index (χ0n) is 10.9. The quantitative estimate of drug-likeness (QED) is 0.369. The summed E-state index contributed by atoms with van der Waals surface area (Å²) in [6.07, 6.45) is -4.92. The molecule has 9 heteroatoms. The number of carbonyl (C=O) groups excluding carboxylic acids is 1. The summed E-state index contributed by atoms with van der Waals surface area (Å²) in [5.41, 5.74) is 2.68. The molecule has 0 saturated heterocycles. The first kappa shape index (κ1) is 17.3. The third-order valence-corrected chi connectivity index (χ3v) is 2.89. The number of ether oxygens (including phenoxy) is 1. The van der Waals surface area contributed by atoms with Crippen LogP contribution >= 0.6 is 15.9 Å². The van der Waals surface area contributed by atoms with Crippen LogP contribution in [0.5, 0.6) is 0 Å². The highest BCUT2D eigenvalue weighted by molar-refractivity contribution is 9.10. The van der Waals surface area contributed by atoms with Crippen LogP contribution in [0.3, 0.4) is 0 Å². The van der Waals surface area contributed by atoms with Crippen LogP contribution in [0.25, 0.3) is 0 Å². The van der Waals surface area contributed by atoms with Gasteiger partial charge in [-0.2, -0.15) is 13.2 Å². The lowest BCUT2D eigenvalue weighted by Crippen LogP contribution is -2.41. The van der Waals surface area contributed by atoms with Crippen molar-refractivity contribution < 1.29 is 22.7 Å². The van der Waals surface area contributed by atoms with E-state index in [0.29, 0.717) is 9.48 Å². The fourth-order valence-corrected chi connectivity index (χ4v) is 1.72. The number of hydrogen-bond donors (Lipinski definition) is 2. The number of alkyl halides is 3. The number of esters is 1. The summed E-state index contributed by atoms with van der Waals surface area (Å²) in [6.45, 7) is 1.35. The van der Waals surface area contributed by atoms with Crippen LogP contribution in [0.1, 0.15) is 6.92 Å². The number of nitrogens with zero attached hydrogens (tertiary/aromatic N) is 1. The highest BCUT2D eigenvalue weighted by Gasteiger charge is 2.42. The van der Waals surface area contributed by atoms with Crippen LogP contribution in [0.2, 0.25) is 0 Å². The Hall–Kier alpha value is -1.74. The van der Waals surface area contributed by atoms with Gasteiger partial charge in [-0.05, 0) is 31.2 Å². The minimum absolute atomic E-state index is 0.0118. The number of rotatable bonds is 4. The molecule has 0 heterocycles. The summed E-state index contributed by atoms with van der Waals surface area (Å²) in [5, 5.41) is 0.304. The van der Waals surface area contributed by atoms with Crippen molar-refractivity contribution in [3.63, 3.8) is 0 Å². The first-order chi connectivity index (χ1) is 9.68. The van der Waals surface area contributed by atoms with Gasteiger partial charge < -0.3 is 10.5 Å². The second kappa shape index (κ2) is 6.81. The molecule has 0 unspecified atom stereocenters. The van der Waals surface area contributed by atoms with E-state index in [1.54, 1.807) is 0 Å². The lowest BCUT2D eigenvalue weighted by Gasteiger charge is -2.25. The van der Waals surface area contributed by atoms with Gasteiger partial charge in [-0.3, -0.25) is 5.01 Å². The van der Waals surface area contributed by atoms with Crippen LogP contribution in [0, 0.1) is 0 Å². The molecule has 0 fully saturated rings. The average Bonchev–Trinajstić information content (AvgIpc) is 2.38. The highest BCUT2D eigenvalue weighted by atomic mass is 79.9. The van der Waals surface area contributed by atoms with E-state index in [2.05, 4.69) is 20.7 Å². The van der Waals surface area contributed by atoms with E-state index >= 15 is 0 Å². The maximum atomic E-state index is 13.1. The molecule has 5 nitrogen and oxygen atoms in total. The van der Waals surface area contributed by atoms with Gasteiger partial charge in [0.1, 0.15) is 5.70 Å². The average molecular weight is 368 g/mol. The van der Waals surface area contributed by atoms with Crippen molar-refractivity contribution in [2.45, 2.75) is 13.1 Å². The standard InChI is InChI=1S/C12H13BrF3N3O2/c1-2-21-11(20)9(17)10(12(14,15)16)19(18)8-5-3-7(13)4-6-8/h3-6H,2,17-18H2,1H3/b10-9-. The van der Waals surface area contributed by atoms with E-state index < -0.39 is 23.5 Å². The number of nitrogens with two attached hydrogens (primary N) is 2. The van der Waals surface area contributed by atoms with Gasteiger partial charge in [0.25, 0.3) is 0 Å². The molecule has 0 bridgehead atoms. The third-order valence-electron chi connectivity index (χ3n) is 2.36. The minimum Gasteiger partial charge on any atom is -0.461 e. The van der Waals surface area contributed by atoms with E-state index in [4.69, 9.17) is 11.6 Å². The SMILES string of the molecule is CCOC(=O)/C(N)=C(/N(N)c1ccc(Br)cc1)C(F)(F)F. The largest absolute Gasteiger partial charge is 0.461 e. The molecule has 1 aromatic rings. The molecule has 0 aliphatic rings. The number of halogens is 4. The van der Waals surface area contributed by atoms with Crippen molar-refractivity contribution >= 4 is 27.6 Å². The van der Waals surface area contributed by atoms with Gasteiger partial charge >= 0.3 is 12.1 Å². The molecule has 1 aromatic carbocycles. The third kappa shape index (κ3) is 4.36. The maximum absolute atomic E-state index is 13.1. The van der Waals surface area contributed by atoms with E-state index in [0.717, 1.165) is 0 Å². The number of hydrogen-bond acceptors (Lipinski definition) is 5. The summed E-state index contributed by atoms with van der Waals surface area (Å²) in [6, 6.07) is 5.69. The molecule has 4 N–H and O–H groups in total. The van der Waals surface area contributed by atoms with Crippen molar-refractivity contribution in [2.24, 2.45) is 11.6 Å². The van der Waals surface area contributed by atoms with Crippen LogP contribution in [-0.2, 0) is 9.53 Å². The van der Waals surface area contributed by atoms with Gasteiger partial charge in [0.2, 0.25) is 0 Å². The Bertz CT molecular complexity index is 544. The second-order valence-electron chi connectivity index (χ2n) is 3.83. The van der Waals surface area contributed by atoms with Crippen LogP contribution < -0.4 is 16.6 Å². The molecule has 0 amide bonds. The molecular formula is C12H13BrF3N3O2. The fourth-order valence-electron chi connectivity index (χ4n) is 1.46. The van der Waals surface area contributed by atoms with Crippen LogP contribution in [0.4, 0.5) is 18.9 Å². The van der Waals surface area contributed by atoms with Crippen molar-refractivity contribution in [1.82, 2.24) is 0 Å². The maximum Gasteiger partial charge on any atom is 0.435 e. The Balaban J connectivity index is 3.29. The zero-order chi connectivity index (χ0) is 16.2. The molecule has 21 heavy (non-hydrogen) atoms. The molecule has 0 saturated carbocycles. The molecule has 1 rings (SSSR count). The molecule has 0 spiro atoms. The Morgan fingerprint density at radius 3 is 2.29 bits per heavy atom. The fraction of sp³-hybridized carbons (Fsp3) is 0.250. The molecule has 0 aliphatic heterocycles. The molecule has 0 atom stereocenters. The van der Waals surface area contributed by atoms with Crippen molar-refractivity contribution in [3.05, 3.63) is 40.1 Å². The van der Waals surface area contributed by atoms with Crippen molar-refractivity contribution in [2.75, 3.05) is 11.6 Å². The van der Waals surface area contributed by atoms with Gasteiger partial charge in [-0.15, -0.1) is 0 Å². The van der Waals surface area contributed by atoms with E-state index in [-0.39, 0.29) is 12.3 Å². The summed E-state index contributed by atoms with van der Waals surface area (Å²) in [5.74, 6) is 4.18. The van der Waals surface area contributed by atoms with Gasteiger partial charge in [0, 0.05) is 4.47 Å². The summed E-state index contributed by atoms with van der Waals surface area (Å²) in [7, 11) is 0.